The maximum atomic E-state index is 12.4. The largest absolute Gasteiger partial charge is 0.368 e. The van der Waals surface area contributed by atoms with E-state index in [2.05, 4.69) is 14.9 Å². The summed E-state index contributed by atoms with van der Waals surface area (Å²) in [7, 11) is 0. The first-order valence-corrected chi connectivity index (χ1v) is 8.66. The molecule has 7 heteroatoms. The molecule has 0 radical (unpaired) electrons. The molecule has 122 valence electrons. The molecule has 6 nitrogen and oxygen atoms in total. The van der Waals surface area contributed by atoms with E-state index in [1.807, 2.05) is 35.4 Å². The molecule has 2 aromatic rings. The number of thiophene rings is 1. The van der Waals surface area contributed by atoms with Gasteiger partial charge in [0.05, 0.1) is 6.42 Å². The van der Waals surface area contributed by atoms with Crippen LogP contribution in [0, 0.1) is 6.92 Å². The van der Waals surface area contributed by atoms with Crippen LogP contribution in [0.5, 0.6) is 0 Å². The lowest BCUT2D eigenvalue weighted by Crippen LogP contribution is -2.36. The number of aromatic nitrogens is 2. The summed E-state index contributed by atoms with van der Waals surface area (Å²) in [6, 6.07) is 5.94. The summed E-state index contributed by atoms with van der Waals surface area (Å²) in [5, 5.41) is 2.01. The molecular formula is C16H21N5OS. The van der Waals surface area contributed by atoms with Crippen molar-refractivity contribution >= 4 is 29.0 Å². The van der Waals surface area contributed by atoms with E-state index in [-0.39, 0.29) is 5.91 Å². The van der Waals surface area contributed by atoms with Crippen molar-refractivity contribution in [2.45, 2.75) is 19.8 Å². The zero-order chi connectivity index (χ0) is 16.2. The Hall–Kier alpha value is -2.15. The van der Waals surface area contributed by atoms with Gasteiger partial charge in [-0.1, -0.05) is 6.07 Å². The van der Waals surface area contributed by atoms with Gasteiger partial charge in [0.25, 0.3) is 0 Å². The molecule has 1 saturated heterocycles. The lowest BCUT2D eigenvalue weighted by Gasteiger charge is -2.23. The normalized spacial score (nSPS) is 15.5. The molecule has 0 aromatic carbocycles. The maximum Gasteiger partial charge on any atom is 0.227 e. The Labute approximate surface area is 140 Å². The third-order valence-corrected chi connectivity index (χ3v) is 4.81. The molecule has 23 heavy (non-hydrogen) atoms. The van der Waals surface area contributed by atoms with Gasteiger partial charge in [-0.25, -0.2) is 4.98 Å². The van der Waals surface area contributed by atoms with E-state index in [4.69, 9.17) is 5.73 Å². The fourth-order valence-electron chi connectivity index (χ4n) is 2.81. The summed E-state index contributed by atoms with van der Waals surface area (Å²) in [4.78, 5) is 26.1. The third kappa shape index (κ3) is 3.98. The molecule has 2 N–H and O–H groups in total. The molecule has 0 aliphatic carbocycles. The van der Waals surface area contributed by atoms with Crippen molar-refractivity contribution in [3.8, 4) is 0 Å². The highest BCUT2D eigenvalue weighted by atomic mass is 32.1. The predicted molar refractivity (Wildman–Crippen MR) is 92.6 cm³/mol. The molecule has 0 spiro atoms. The van der Waals surface area contributed by atoms with Crippen molar-refractivity contribution in [2.75, 3.05) is 36.8 Å². The van der Waals surface area contributed by atoms with Crippen LogP contribution in [-0.2, 0) is 11.2 Å². The number of carbonyl (C=O) groups is 1. The van der Waals surface area contributed by atoms with Gasteiger partial charge in [0.15, 0.2) is 0 Å². The van der Waals surface area contributed by atoms with Crippen LogP contribution in [0.25, 0.3) is 0 Å². The van der Waals surface area contributed by atoms with E-state index in [0.717, 1.165) is 42.4 Å². The molecule has 2 aromatic heterocycles. The molecule has 1 aliphatic rings. The Morgan fingerprint density at radius 1 is 1.30 bits per heavy atom. The van der Waals surface area contributed by atoms with Gasteiger partial charge in [0, 0.05) is 42.8 Å². The number of hydrogen-bond acceptors (Lipinski definition) is 6. The highest BCUT2D eigenvalue weighted by molar-refractivity contribution is 7.10. The fraction of sp³-hybridized carbons (Fsp3) is 0.438. The second kappa shape index (κ2) is 6.95. The van der Waals surface area contributed by atoms with E-state index >= 15 is 0 Å². The van der Waals surface area contributed by atoms with Crippen LogP contribution in [-0.4, -0.2) is 47.0 Å². The molecule has 3 rings (SSSR count). The number of nitrogens with two attached hydrogens (primary N) is 1. The van der Waals surface area contributed by atoms with Crippen LogP contribution in [0.15, 0.2) is 23.6 Å². The lowest BCUT2D eigenvalue weighted by molar-refractivity contribution is -0.130. The van der Waals surface area contributed by atoms with Crippen molar-refractivity contribution < 1.29 is 4.79 Å². The number of aryl methyl sites for hydroxylation is 1. The van der Waals surface area contributed by atoms with E-state index < -0.39 is 0 Å². The Morgan fingerprint density at radius 3 is 2.91 bits per heavy atom. The summed E-state index contributed by atoms with van der Waals surface area (Å²) in [5.74, 6) is 1.35. The molecule has 3 heterocycles. The fourth-order valence-corrected chi connectivity index (χ4v) is 3.50. The zero-order valence-electron chi connectivity index (χ0n) is 13.2. The molecule has 0 atom stereocenters. The number of rotatable bonds is 3. The van der Waals surface area contributed by atoms with Gasteiger partial charge in [-0.3, -0.25) is 4.79 Å². The number of carbonyl (C=O) groups excluding carboxylic acids is 1. The van der Waals surface area contributed by atoms with E-state index in [1.54, 1.807) is 11.3 Å². The Bertz CT molecular complexity index is 653. The number of nitrogen functional groups attached to an aromatic ring is 1. The summed E-state index contributed by atoms with van der Waals surface area (Å²) in [5.41, 5.74) is 6.61. The molecule has 1 aliphatic heterocycles. The van der Waals surface area contributed by atoms with Crippen LogP contribution in [0.4, 0.5) is 11.8 Å². The van der Waals surface area contributed by atoms with Gasteiger partial charge in [0.2, 0.25) is 11.9 Å². The number of nitrogens with zero attached hydrogens (tertiary/aromatic N) is 4. The summed E-state index contributed by atoms with van der Waals surface area (Å²) < 4.78 is 0. The van der Waals surface area contributed by atoms with Crippen molar-refractivity contribution in [3.63, 3.8) is 0 Å². The van der Waals surface area contributed by atoms with Gasteiger partial charge in [0.1, 0.15) is 5.82 Å². The third-order valence-electron chi connectivity index (χ3n) is 3.94. The number of amides is 1. The van der Waals surface area contributed by atoms with Gasteiger partial charge >= 0.3 is 0 Å². The summed E-state index contributed by atoms with van der Waals surface area (Å²) >= 11 is 1.63. The minimum atomic E-state index is 0.202. The van der Waals surface area contributed by atoms with Crippen LogP contribution in [0.1, 0.15) is 17.0 Å². The van der Waals surface area contributed by atoms with E-state index in [0.29, 0.717) is 18.9 Å². The van der Waals surface area contributed by atoms with Crippen molar-refractivity contribution in [3.05, 3.63) is 34.2 Å². The molecule has 0 bridgehead atoms. The quantitative estimate of drug-likeness (QED) is 0.927. The van der Waals surface area contributed by atoms with Gasteiger partial charge in [-0.2, -0.15) is 4.98 Å². The Kier molecular flexibility index (Phi) is 4.76. The average Bonchev–Trinajstić information content (AvgIpc) is 2.87. The number of anilines is 2. The zero-order valence-corrected chi connectivity index (χ0v) is 14.1. The Morgan fingerprint density at radius 2 is 2.17 bits per heavy atom. The van der Waals surface area contributed by atoms with Crippen LogP contribution < -0.4 is 10.6 Å². The minimum Gasteiger partial charge on any atom is -0.368 e. The SMILES string of the molecule is Cc1cc(N2CCCN(C(=O)Cc3cccs3)CC2)nc(N)n1. The van der Waals surface area contributed by atoms with Gasteiger partial charge in [-0.05, 0) is 24.8 Å². The molecule has 1 amide bonds. The van der Waals surface area contributed by atoms with Gasteiger partial charge < -0.3 is 15.5 Å². The molecule has 0 unspecified atom stereocenters. The van der Waals surface area contributed by atoms with Gasteiger partial charge in [-0.15, -0.1) is 11.3 Å². The van der Waals surface area contributed by atoms with E-state index in [1.165, 1.54) is 0 Å². The van der Waals surface area contributed by atoms with Crippen molar-refractivity contribution in [1.29, 1.82) is 0 Å². The smallest absolute Gasteiger partial charge is 0.227 e. The predicted octanol–water partition coefficient (Wildman–Crippen LogP) is 1.71. The first-order valence-electron chi connectivity index (χ1n) is 7.78. The van der Waals surface area contributed by atoms with Crippen molar-refractivity contribution in [1.82, 2.24) is 14.9 Å². The van der Waals surface area contributed by atoms with Crippen molar-refractivity contribution in [2.24, 2.45) is 0 Å². The highest BCUT2D eigenvalue weighted by Crippen LogP contribution is 2.17. The second-order valence-corrected chi connectivity index (χ2v) is 6.74. The van der Waals surface area contributed by atoms with E-state index in [9.17, 15) is 4.79 Å². The number of hydrogen-bond donors (Lipinski definition) is 1. The molecule has 1 fully saturated rings. The molecule has 0 saturated carbocycles. The average molecular weight is 331 g/mol. The summed E-state index contributed by atoms with van der Waals surface area (Å²) in [6.07, 6.45) is 1.43. The topological polar surface area (TPSA) is 75.3 Å². The first kappa shape index (κ1) is 15.7. The highest BCUT2D eigenvalue weighted by Gasteiger charge is 2.20. The first-order chi connectivity index (χ1) is 11.1. The Balaban J connectivity index is 1.63. The van der Waals surface area contributed by atoms with Crippen LogP contribution in [0.2, 0.25) is 0 Å². The molecular weight excluding hydrogens is 310 g/mol. The lowest BCUT2D eigenvalue weighted by atomic mass is 10.3. The maximum absolute atomic E-state index is 12.4. The summed E-state index contributed by atoms with van der Waals surface area (Å²) in [6.45, 7) is 5.06. The second-order valence-electron chi connectivity index (χ2n) is 5.70. The van der Waals surface area contributed by atoms with Crippen LogP contribution >= 0.6 is 11.3 Å². The minimum absolute atomic E-state index is 0.202. The van der Waals surface area contributed by atoms with Crippen LogP contribution in [0.3, 0.4) is 0 Å². The monoisotopic (exact) mass is 331 g/mol. The standard InChI is InChI=1S/C16H21N5OS/c1-12-10-14(19-16(17)18-12)20-5-3-6-21(8-7-20)15(22)11-13-4-2-9-23-13/h2,4,9-10H,3,5-8,11H2,1H3,(H2,17,18,19).